The Morgan fingerprint density at radius 2 is 1.11 bits per heavy atom. The van der Waals surface area contributed by atoms with Crippen molar-refractivity contribution in [2.24, 2.45) is 0 Å². The Labute approximate surface area is 275 Å². The van der Waals surface area contributed by atoms with Crippen LogP contribution in [0.4, 0.5) is 17.1 Å². The van der Waals surface area contributed by atoms with Gasteiger partial charge in [0.2, 0.25) is 0 Å². The third-order valence-electron chi connectivity index (χ3n) is 9.94. The second kappa shape index (κ2) is 10.6. The van der Waals surface area contributed by atoms with Gasteiger partial charge in [-0.3, -0.25) is 0 Å². The first-order chi connectivity index (χ1) is 23.1. The summed E-state index contributed by atoms with van der Waals surface area (Å²) in [4.78, 5) is 2.50. The standard InChI is InChI=1S/C45H34N2/c1-45(2)39-26-14-12-23-34(39)36-25-16-28-41(44(36)45)47(33-21-10-5-11-22-33)42-30-38-35-24-13-15-27-40(35)46(32-19-8-4-9-20-32)43(38)29-37(42)31-17-6-3-7-18-31/h3-30H,1-2H3. The Kier molecular flexibility index (Phi) is 6.20. The molecule has 0 amide bonds. The Morgan fingerprint density at radius 1 is 0.468 bits per heavy atom. The minimum Gasteiger partial charge on any atom is -0.310 e. The van der Waals surface area contributed by atoms with Gasteiger partial charge in [0.05, 0.1) is 22.4 Å². The van der Waals surface area contributed by atoms with Gasteiger partial charge < -0.3 is 9.47 Å². The Morgan fingerprint density at radius 3 is 1.89 bits per heavy atom. The molecule has 8 aromatic rings. The van der Waals surface area contributed by atoms with E-state index in [2.05, 4.69) is 193 Å². The number of hydrogen-bond donors (Lipinski definition) is 0. The summed E-state index contributed by atoms with van der Waals surface area (Å²) in [5.41, 5.74) is 14.6. The van der Waals surface area contributed by atoms with Crippen LogP contribution in [0, 0.1) is 0 Å². The van der Waals surface area contributed by atoms with Crippen molar-refractivity contribution in [2.45, 2.75) is 19.3 Å². The highest BCUT2D eigenvalue weighted by Crippen LogP contribution is 2.55. The van der Waals surface area contributed by atoms with Crippen molar-refractivity contribution in [2.75, 3.05) is 4.90 Å². The zero-order chi connectivity index (χ0) is 31.5. The van der Waals surface area contributed by atoms with Gasteiger partial charge in [-0.25, -0.2) is 0 Å². The van der Waals surface area contributed by atoms with Gasteiger partial charge in [0.1, 0.15) is 0 Å². The molecular weight excluding hydrogens is 569 g/mol. The maximum atomic E-state index is 2.50. The normalized spacial score (nSPS) is 13.1. The monoisotopic (exact) mass is 602 g/mol. The quantitative estimate of drug-likeness (QED) is 0.190. The molecule has 1 aliphatic carbocycles. The van der Waals surface area contributed by atoms with Crippen LogP contribution in [0.2, 0.25) is 0 Å². The largest absolute Gasteiger partial charge is 0.310 e. The second-order valence-corrected chi connectivity index (χ2v) is 13.0. The molecule has 2 nitrogen and oxygen atoms in total. The summed E-state index contributed by atoms with van der Waals surface area (Å²) in [6.07, 6.45) is 0. The van der Waals surface area contributed by atoms with Crippen LogP contribution in [0.1, 0.15) is 25.0 Å². The molecule has 0 fully saturated rings. The second-order valence-electron chi connectivity index (χ2n) is 13.0. The first-order valence-corrected chi connectivity index (χ1v) is 16.4. The Hall–Kier alpha value is -5.86. The number of fused-ring (bicyclic) bond motifs is 6. The molecule has 47 heavy (non-hydrogen) atoms. The molecule has 0 bridgehead atoms. The molecule has 9 rings (SSSR count). The lowest BCUT2D eigenvalue weighted by Crippen LogP contribution is -2.21. The molecule has 224 valence electrons. The van der Waals surface area contributed by atoms with Crippen molar-refractivity contribution in [1.29, 1.82) is 0 Å². The van der Waals surface area contributed by atoms with E-state index in [0.29, 0.717) is 0 Å². The maximum Gasteiger partial charge on any atom is 0.0548 e. The minimum absolute atomic E-state index is 0.171. The molecule has 0 N–H and O–H groups in total. The molecule has 0 spiro atoms. The smallest absolute Gasteiger partial charge is 0.0548 e. The number of benzene rings is 7. The van der Waals surface area contributed by atoms with E-state index in [1.807, 2.05) is 0 Å². The van der Waals surface area contributed by atoms with Gasteiger partial charge in [0.25, 0.3) is 0 Å². The zero-order valence-electron chi connectivity index (χ0n) is 26.6. The fraction of sp³-hybridized carbons (Fsp3) is 0.0667. The van der Waals surface area contributed by atoms with Crippen LogP contribution in [0.3, 0.4) is 0 Å². The zero-order valence-corrected chi connectivity index (χ0v) is 26.6. The van der Waals surface area contributed by atoms with E-state index >= 15 is 0 Å². The fourth-order valence-corrected chi connectivity index (χ4v) is 7.88. The first-order valence-electron chi connectivity index (χ1n) is 16.4. The highest BCUT2D eigenvalue weighted by Gasteiger charge is 2.39. The van der Waals surface area contributed by atoms with Crippen LogP contribution < -0.4 is 4.90 Å². The minimum atomic E-state index is -0.171. The van der Waals surface area contributed by atoms with Crippen molar-refractivity contribution in [3.8, 4) is 27.9 Å². The molecule has 1 aromatic heterocycles. The van der Waals surface area contributed by atoms with Gasteiger partial charge in [-0.2, -0.15) is 0 Å². The van der Waals surface area contributed by atoms with Gasteiger partial charge in [-0.15, -0.1) is 0 Å². The molecule has 0 unspecified atom stereocenters. The number of rotatable bonds is 5. The summed E-state index contributed by atoms with van der Waals surface area (Å²) in [6, 6.07) is 61.8. The summed E-state index contributed by atoms with van der Waals surface area (Å²) in [5.74, 6) is 0. The molecule has 1 heterocycles. The molecular formula is C45H34N2. The van der Waals surface area contributed by atoms with E-state index in [-0.39, 0.29) is 5.41 Å². The molecule has 2 heteroatoms. The van der Waals surface area contributed by atoms with Crippen LogP contribution in [0.5, 0.6) is 0 Å². The van der Waals surface area contributed by atoms with Crippen molar-refractivity contribution in [3.63, 3.8) is 0 Å². The highest BCUT2D eigenvalue weighted by atomic mass is 15.2. The molecule has 0 aliphatic heterocycles. The molecule has 0 radical (unpaired) electrons. The number of aromatic nitrogens is 1. The van der Waals surface area contributed by atoms with Gasteiger partial charge in [-0.05, 0) is 76.3 Å². The summed E-state index contributed by atoms with van der Waals surface area (Å²) < 4.78 is 2.41. The molecule has 7 aromatic carbocycles. The van der Waals surface area contributed by atoms with Gasteiger partial charge in [-0.1, -0.05) is 135 Å². The highest BCUT2D eigenvalue weighted by molar-refractivity contribution is 6.13. The average molecular weight is 603 g/mol. The third-order valence-corrected chi connectivity index (χ3v) is 9.94. The first kappa shape index (κ1) is 27.5. The lowest BCUT2D eigenvalue weighted by molar-refractivity contribution is 0.661. The van der Waals surface area contributed by atoms with E-state index in [1.54, 1.807) is 0 Å². The van der Waals surface area contributed by atoms with E-state index in [0.717, 1.165) is 17.1 Å². The summed E-state index contributed by atoms with van der Waals surface area (Å²) in [6.45, 7) is 4.75. The summed E-state index contributed by atoms with van der Waals surface area (Å²) >= 11 is 0. The number of nitrogens with zero attached hydrogens (tertiary/aromatic N) is 2. The molecule has 0 saturated carbocycles. The fourth-order valence-electron chi connectivity index (χ4n) is 7.88. The van der Waals surface area contributed by atoms with Crippen LogP contribution >= 0.6 is 0 Å². The topological polar surface area (TPSA) is 8.17 Å². The van der Waals surface area contributed by atoms with Crippen LogP contribution in [-0.2, 0) is 5.41 Å². The van der Waals surface area contributed by atoms with Gasteiger partial charge in [0.15, 0.2) is 0 Å². The molecule has 0 saturated heterocycles. The van der Waals surface area contributed by atoms with E-state index in [4.69, 9.17) is 0 Å². The lowest BCUT2D eigenvalue weighted by atomic mass is 9.81. The maximum absolute atomic E-state index is 2.50. The number of para-hydroxylation sites is 3. The van der Waals surface area contributed by atoms with E-state index < -0.39 is 0 Å². The molecule has 1 aliphatic rings. The van der Waals surface area contributed by atoms with Gasteiger partial charge >= 0.3 is 0 Å². The summed E-state index contributed by atoms with van der Waals surface area (Å²) in [5, 5.41) is 2.47. The Balaban J connectivity index is 1.41. The predicted molar refractivity (Wildman–Crippen MR) is 198 cm³/mol. The number of anilines is 3. The van der Waals surface area contributed by atoms with Crippen molar-refractivity contribution in [1.82, 2.24) is 4.57 Å². The van der Waals surface area contributed by atoms with Crippen molar-refractivity contribution < 1.29 is 0 Å². The number of hydrogen-bond acceptors (Lipinski definition) is 1. The van der Waals surface area contributed by atoms with Crippen molar-refractivity contribution in [3.05, 3.63) is 181 Å². The summed E-state index contributed by atoms with van der Waals surface area (Å²) in [7, 11) is 0. The lowest BCUT2D eigenvalue weighted by Gasteiger charge is -2.33. The van der Waals surface area contributed by atoms with E-state index in [1.165, 1.54) is 60.9 Å². The predicted octanol–water partition coefficient (Wildman–Crippen LogP) is 12.2. The van der Waals surface area contributed by atoms with Crippen LogP contribution in [-0.4, -0.2) is 4.57 Å². The third kappa shape index (κ3) is 4.18. The molecule has 0 atom stereocenters. The van der Waals surface area contributed by atoms with Crippen molar-refractivity contribution >= 4 is 38.9 Å². The van der Waals surface area contributed by atoms with Crippen LogP contribution in [0.25, 0.3) is 49.7 Å². The Bertz CT molecular complexity index is 2420. The van der Waals surface area contributed by atoms with Gasteiger partial charge in [0, 0.05) is 33.1 Å². The average Bonchev–Trinajstić information content (AvgIpc) is 3.58. The van der Waals surface area contributed by atoms with Crippen LogP contribution in [0.15, 0.2) is 170 Å². The SMILES string of the molecule is CC1(C)c2ccccc2-c2cccc(N(c3ccccc3)c3cc4c5ccccc5n(-c5ccccc5)c4cc3-c3ccccc3)c21. The van der Waals surface area contributed by atoms with E-state index in [9.17, 15) is 0 Å².